The highest BCUT2D eigenvalue weighted by Gasteiger charge is 2.32. The molecule has 0 aliphatic heterocycles. The van der Waals surface area contributed by atoms with Crippen LogP contribution in [0, 0.1) is 17.8 Å². The molecule has 0 aromatic heterocycles. The van der Waals surface area contributed by atoms with E-state index in [1.54, 1.807) is 21.3 Å². The number of nitrogens with one attached hydrogen (secondary N) is 6. The van der Waals surface area contributed by atoms with Crippen molar-refractivity contribution in [2.45, 2.75) is 197 Å². The average molecular weight is 1470 g/mol. The molecule has 9 rings (SSSR count). The van der Waals surface area contributed by atoms with Crippen molar-refractivity contribution in [2.75, 3.05) is 81.9 Å². The van der Waals surface area contributed by atoms with E-state index in [1.165, 1.54) is 107 Å². The molecule has 0 bridgehead atoms. The number of ether oxygens (including phenoxy) is 3. The van der Waals surface area contributed by atoms with Crippen molar-refractivity contribution in [1.82, 2.24) is 31.9 Å². The normalized spacial score (nSPS) is 16.0. The first kappa shape index (κ1) is 89.6. The number of benzene rings is 6. The highest BCUT2D eigenvalue weighted by atomic mass is 32.1. The Morgan fingerprint density at radius 1 is 0.427 bits per heavy atom. The minimum absolute atomic E-state index is 0. The number of carbonyl (C=O) groups is 3. The Labute approximate surface area is 641 Å². The van der Waals surface area contributed by atoms with E-state index in [9.17, 15) is 19.5 Å². The topological polar surface area (TPSA) is 171 Å². The molecule has 3 saturated carbocycles. The van der Waals surface area contributed by atoms with Crippen LogP contribution in [0.2, 0.25) is 0 Å². The summed E-state index contributed by atoms with van der Waals surface area (Å²) in [7, 11) is 11.0. The Morgan fingerprint density at radius 3 is 1.28 bits per heavy atom. The lowest BCUT2D eigenvalue weighted by atomic mass is 9.81. The van der Waals surface area contributed by atoms with Crippen LogP contribution in [0.3, 0.4) is 0 Å². The Kier molecular flexibility index (Phi) is 45.5. The summed E-state index contributed by atoms with van der Waals surface area (Å²) in [6.45, 7) is 4.58. The molecule has 2 unspecified atom stereocenters. The standard InChI is InChI=1S/C29H42N2O3.C29H42N2O2.C29H40N2O2.3H2S/c1-30-22-27(20-23-12-5-3-6-13-23)31-28(32)24-14-11-17-26(21-24)29(33,18-9-10-19-34-2)25-15-7-4-8-16-25;2*1-30-22-27(20-23-12-5-3-6-13-23)31-29(32)26-17-11-16-25(21-26)28(18-9-10-19-33-2)24-14-7-4-8-15-24;;;/h4,7-8,11,14-17,21,23,27,30,33H,3,5-6,9-10,12-13,18-20,22H2,1-2H3,(H,31,32);4,7-8,11,14-17,21,23,27-28,30H,3,5-6,9-10,12-13,18-20,22H2,1-2H3,(H,31,32);4,7-8,11,14-18,21,23,27,30H,3,5-6,9-10,12-13,19-20,22H2,1-2H3,(H,31,32);3*1H2/t27-,29?;27-,28?;27-;;;/m000.../s1. The van der Waals surface area contributed by atoms with Crippen LogP contribution in [-0.2, 0) is 19.8 Å². The van der Waals surface area contributed by atoms with Gasteiger partial charge < -0.3 is 51.2 Å². The fraction of sp³-hybridized carbons (Fsp3) is 0.529. The van der Waals surface area contributed by atoms with Crippen molar-refractivity contribution in [3.8, 4) is 0 Å². The maximum Gasteiger partial charge on any atom is 0.251 e. The van der Waals surface area contributed by atoms with E-state index in [4.69, 9.17) is 14.2 Å². The van der Waals surface area contributed by atoms with E-state index in [2.05, 4.69) is 111 Å². The van der Waals surface area contributed by atoms with Gasteiger partial charge in [-0.25, -0.2) is 0 Å². The first-order chi connectivity index (χ1) is 49.0. The van der Waals surface area contributed by atoms with Crippen LogP contribution in [0.5, 0.6) is 0 Å². The molecule has 16 heteroatoms. The molecule has 0 spiro atoms. The highest BCUT2D eigenvalue weighted by molar-refractivity contribution is 7.59. The third-order valence-electron chi connectivity index (χ3n) is 20.6. The maximum atomic E-state index is 13.2. The second-order valence-electron chi connectivity index (χ2n) is 28.4. The fourth-order valence-electron chi connectivity index (χ4n) is 15.3. The molecule has 0 heterocycles. The van der Waals surface area contributed by atoms with Gasteiger partial charge >= 0.3 is 0 Å². The van der Waals surface area contributed by atoms with Gasteiger partial charge in [0.15, 0.2) is 0 Å². The van der Waals surface area contributed by atoms with Crippen LogP contribution in [0.4, 0.5) is 0 Å². The van der Waals surface area contributed by atoms with Crippen molar-refractivity contribution >= 4 is 63.8 Å². The van der Waals surface area contributed by atoms with Crippen molar-refractivity contribution in [2.24, 2.45) is 17.8 Å². The number of allylic oxidation sites excluding steroid dienone is 1. The molecular formula is C87H130N6O7S3. The summed E-state index contributed by atoms with van der Waals surface area (Å²) in [6, 6.07) is 55.0. The number of hydrogen-bond acceptors (Lipinski definition) is 10. The number of aliphatic hydroxyl groups is 1. The number of hydrogen-bond donors (Lipinski definition) is 7. The minimum atomic E-state index is -1.15. The molecule has 568 valence electrons. The van der Waals surface area contributed by atoms with E-state index in [0.717, 1.165) is 148 Å². The Bertz CT molecular complexity index is 3260. The molecule has 6 aromatic carbocycles. The molecule has 3 amide bonds. The van der Waals surface area contributed by atoms with E-state index in [-0.39, 0.29) is 82.3 Å². The molecule has 7 N–H and O–H groups in total. The third-order valence-corrected chi connectivity index (χ3v) is 20.6. The van der Waals surface area contributed by atoms with E-state index >= 15 is 0 Å². The van der Waals surface area contributed by atoms with Gasteiger partial charge in [-0.1, -0.05) is 236 Å². The second-order valence-corrected chi connectivity index (χ2v) is 28.4. The number of methoxy groups -OCH3 is 3. The zero-order valence-electron chi connectivity index (χ0n) is 63.2. The number of amides is 3. The largest absolute Gasteiger partial charge is 0.385 e. The van der Waals surface area contributed by atoms with Crippen molar-refractivity contribution in [3.63, 3.8) is 0 Å². The summed E-state index contributed by atoms with van der Waals surface area (Å²) in [5.74, 6) is 2.41. The van der Waals surface area contributed by atoms with Gasteiger partial charge in [-0.2, -0.15) is 40.5 Å². The summed E-state index contributed by atoms with van der Waals surface area (Å²) in [5.41, 5.74) is 8.42. The zero-order chi connectivity index (χ0) is 70.8. The van der Waals surface area contributed by atoms with Crippen molar-refractivity contribution in [3.05, 3.63) is 220 Å². The molecule has 0 radical (unpaired) electrons. The van der Waals surface area contributed by atoms with Gasteiger partial charge in [0.2, 0.25) is 0 Å². The van der Waals surface area contributed by atoms with E-state index in [0.29, 0.717) is 24.5 Å². The molecule has 5 atom stereocenters. The Morgan fingerprint density at radius 2 is 0.806 bits per heavy atom. The van der Waals surface area contributed by atoms with Gasteiger partial charge in [-0.05, 0) is 178 Å². The van der Waals surface area contributed by atoms with Crippen LogP contribution >= 0.6 is 40.5 Å². The lowest BCUT2D eigenvalue weighted by Gasteiger charge is -2.30. The monoisotopic (exact) mass is 1470 g/mol. The van der Waals surface area contributed by atoms with Gasteiger partial charge in [-0.3, -0.25) is 14.4 Å². The maximum absolute atomic E-state index is 13.2. The first-order valence-electron chi connectivity index (χ1n) is 38.2. The summed E-state index contributed by atoms with van der Waals surface area (Å²) in [6.07, 6.45) is 32.4. The van der Waals surface area contributed by atoms with Crippen LogP contribution < -0.4 is 31.9 Å². The summed E-state index contributed by atoms with van der Waals surface area (Å²) in [5, 5.41) is 31.5. The lowest BCUT2D eigenvalue weighted by molar-refractivity contribution is 0.0650. The molecule has 103 heavy (non-hydrogen) atoms. The summed E-state index contributed by atoms with van der Waals surface area (Å²) in [4.78, 5) is 39.7. The third kappa shape index (κ3) is 31.7. The molecule has 3 fully saturated rings. The number of rotatable bonds is 38. The van der Waals surface area contributed by atoms with Crippen LogP contribution in [0.15, 0.2) is 170 Å². The minimum Gasteiger partial charge on any atom is -0.385 e. The van der Waals surface area contributed by atoms with Crippen LogP contribution in [-0.4, -0.2) is 123 Å². The predicted molar refractivity (Wildman–Crippen MR) is 443 cm³/mol. The molecular weight excluding hydrogens is 1340 g/mol. The average Bonchev–Trinajstić information content (AvgIpc) is 0.790. The molecule has 0 saturated heterocycles. The molecule has 13 nitrogen and oxygen atoms in total. The predicted octanol–water partition coefficient (Wildman–Crippen LogP) is 17.1. The van der Waals surface area contributed by atoms with Crippen molar-refractivity contribution in [1.29, 1.82) is 0 Å². The molecule has 6 aromatic rings. The van der Waals surface area contributed by atoms with Gasteiger partial charge in [-0.15, -0.1) is 0 Å². The SMILES string of the molecule is CNC[C@H](CC1CCCCC1)NC(=O)c1cccc(C(=CCCCOC)c2ccccc2)c1.CNC[C@H](CC1CCCCC1)NC(=O)c1cccc(C(CCCCOC)c2ccccc2)c1.CNC[C@H](CC1CCCCC1)NC(=O)c1cccc(C(O)(CCCCOC)c2ccccc2)c1.S.S.S. The van der Waals surface area contributed by atoms with Crippen LogP contribution in [0.25, 0.3) is 5.57 Å². The quantitative estimate of drug-likeness (QED) is 0.0185. The van der Waals surface area contributed by atoms with E-state index < -0.39 is 5.60 Å². The first-order valence-corrected chi connectivity index (χ1v) is 38.2. The van der Waals surface area contributed by atoms with Gasteiger partial charge in [0.05, 0.1) is 0 Å². The fourth-order valence-corrected chi connectivity index (χ4v) is 15.3. The zero-order valence-corrected chi connectivity index (χ0v) is 66.2. The van der Waals surface area contributed by atoms with E-state index in [1.807, 2.05) is 112 Å². The Hall–Kier alpha value is -5.76. The molecule has 3 aliphatic carbocycles. The number of unbranched alkanes of at least 4 members (excludes halogenated alkanes) is 3. The Balaban J connectivity index is 0.000000323. The molecule has 3 aliphatic rings. The second kappa shape index (κ2) is 52.3. The number of carbonyl (C=O) groups excluding carboxylic acids is 3. The number of likely N-dealkylation sites (N-methyl/N-ethyl adjacent to an activating group) is 3. The lowest BCUT2D eigenvalue weighted by Crippen LogP contribution is -2.42. The van der Waals surface area contributed by atoms with Gasteiger partial charge in [0.1, 0.15) is 5.60 Å². The van der Waals surface area contributed by atoms with Gasteiger partial charge in [0.25, 0.3) is 17.7 Å². The summed E-state index contributed by atoms with van der Waals surface area (Å²) >= 11 is 0. The highest BCUT2D eigenvalue weighted by Crippen LogP contribution is 2.37. The van der Waals surface area contributed by atoms with Gasteiger partial charge in [0, 0.05) is 102 Å². The van der Waals surface area contributed by atoms with Crippen molar-refractivity contribution < 1.29 is 33.7 Å². The van der Waals surface area contributed by atoms with Crippen LogP contribution in [0.1, 0.15) is 237 Å². The smallest absolute Gasteiger partial charge is 0.251 e. The summed E-state index contributed by atoms with van der Waals surface area (Å²) < 4.78 is 15.6.